The van der Waals surface area contributed by atoms with Crippen LogP contribution in [0.25, 0.3) is 0 Å². The molecule has 1 amide bonds. The van der Waals surface area contributed by atoms with Crippen molar-refractivity contribution in [3.8, 4) is 0 Å². The lowest BCUT2D eigenvalue weighted by atomic mass is 10.1. The second-order valence-corrected chi connectivity index (χ2v) is 5.76. The third-order valence-corrected chi connectivity index (χ3v) is 2.47. The van der Waals surface area contributed by atoms with E-state index < -0.39 is 23.7 Å². The quantitative estimate of drug-likeness (QED) is 0.196. The van der Waals surface area contributed by atoms with E-state index in [1.807, 2.05) is 0 Å². The van der Waals surface area contributed by atoms with Gasteiger partial charge in [-0.15, -0.1) is 0 Å². The zero-order valence-electron chi connectivity index (χ0n) is 13.4. The van der Waals surface area contributed by atoms with Crippen LogP contribution in [0.2, 0.25) is 0 Å². The Labute approximate surface area is 130 Å². The van der Waals surface area contributed by atoms with Crippen LogP contribution in [0.5, 0.6) is 0 Å². The van der Waals surface area contributed by atoms with Gasteiger partial charge >= 0.3 is 12.1 Å². The van der Waals surface area contributed by atoms with E-state index in [0.717, 1.165) is 0 Å². The van der Waals surface area contributed by atoms with Crippen LogP contribution >= 0.6 is 0 Å². The molecule has 0 aliphatic heterocycles. The molecule has 0 heterocycles. The number of aliphatic carboxylic acids is 1. The first kappa shape index (κ1) is 20.0. The highest BCUT2D eigenvalue weighted by Crippen LogP contribution is 2.06. The van der Waals surface area contributed by atoms with Crippen molar-refractivity contribution in [1.82, 2.24) is 16.0 Å². The van der Waals surface area contributed by atoms with Crippen molar-refractivity contribution in [2.45, 2.75) is 45.3 Å². The third kappa shape index (κ3) is 11.8. The van der Waals surface area contributed by atoms with Gasteiger partial charge in [0, 0.05) is 19.6 Å². The Morgan fingerprint density at radius 1 is 1.23 bits per heavy atom. The van der Waals surface area contributed by atoms with Gasteiger partial charge in [0.1, 0.15) is 11.6 Å². The van der Waals surface area contributed by atoms with Crippen LogP contribution in [0, 0.1) is 5.41 Å². The SMILES string of the molecule is CC(C)(C)OC(=O)NCCN[C@@H](CCCNC(=N)N)C(=O)O. The van der Waals surface area contributed by atoms with E-state index >= 15 is 0 Å². The lowest BCUT2D eigenvalue weighted by Gasteiger charge is -2.20. The topological polar surface area (TPSA) is 150 Å². The summed E-state index contributed by atoms with van der Waals surface area (Å²) in [5.74, 6) is -1.10. The molecule has 0 bridgehead atoms. The van der Waals surface area contributed by atoms with Gasteiger partial charge in [-0.3, -0.25) is 10.2 Å². The molecule has 7 N–H and O–H groups in total. The fourth-order valence-electron chi connectivity index (χ4n) is 1.57. The van der Waals surface area contributed by atoms with Gasteiger partial charge in [0.25, 0.3) is 0 Å². The van der Waals surface area contributed by atoms with E-state index in [1.165, 1.54) is 0 Å². The maximum atomic E-state index is 11.4. The summed E-state index contributed by atoms with van der Waals surface area (Å²) < 4.78 is 5.06. The molecule has 0 radical (unpaired) electrons. The number of guanidine groups is 1. The Morgan fingerprint density at radius 3 is 2.36 bits per heavy atom. The van der Waals surface area contributed by atoms with Gasteiger partial charge in [-0.2, -0.15) is 0 Å². The van der Waals surface area contributed by atoms with Gasteiger partial charge in [-0.05, 0) is 33.6 Å². The number of nitrogens with two attached hydrogens (primary N) is 1. The number of hydrogen-bond acceptors (Lipinski definition) is 5. The van der Waals surface area contributed by atoms with Gasteiger partial charge in [-0.25, -0.2) is 4.79 Å². The average Bonchev–Trinajstić information content (AvgIpc) is 2.33. The summed E-state index contributed by atoms with van der Waals surface area (Å²) in [5, 5.41) is 24.1. The van der Waals surface area contributed by atoms with Crippen molar-refractivity contribution in [2.24, 2.45) is 5.73 Å². The number of amides is 1. The smallest absolute Gasteiger partial charge is 0.407 e. The summed E-state index contributed by atoms with van der Waals surface area (Å²) in [6.45, 7) is 6.32. The molecule has 0 aliphatic rings. The molecule has 0 saturated carbocycles. The number of hydrogen-bond donors (Lipinski definition) is 6. The van der Waals surface area contributed by atoms with Crippen molar-refractivity contribution in [3.05, 3.63) is 0 Å². The highest BCUT2D eigenvalue weighted by Gasteiger charge is 2.17. The minimum atomic E-state index is -0.958. The first-order valence-corrected chi connectivity index (χ1v) is 7.13. The van der Waals surface area contributed by atoms with Gasteiger partial charge in [0.2, 0.25) is 0 Å². The van der Waals surface area contributed by atoms with Gasteiger partial charge in [-0.1, -0.05) is 0 Å². The third-order valence-electron chi connectivity index (χ3n) is 2.47. The van der Waals surface area contributed by atoms with Crippen molar-refractivity contribution in [1.29, 1.82) is 5.41 Å². The Hall–Kier alpha value is -2.03. The molecule has 0 rings (SSSR count). The molecular weight excluding hydrogens is 290 g/mol. The molecule has 0 unspecified atom stereocenters. The first-order chi connectivity index (χ1) is 10.1. The molecule has 1 atom stereocenters. The highest BCUT2D eigenvalue weighted by atomic mass is 16.6. The first-order valence-electron chi connectivity index (χ1n) is 7.13. The summed E-state index contributed by atoms with van der Waals surface area (Å²) in [4.78, 5) is 22.5. The summed E-state index contributed by atoms with van der Waals surface area (Å²) in [6.07, 6.45) is 0.414. The van der Waals surface area contributed by atoms with Crippen LogP contribution in [0.3, 0.4) is 0 Å². The molecule has 0 fully saturated rings. The zero-order valence-corrected chi connectivity index (χ0v) is 13.4. The predicted molar refractivity (Wildman–Crippen MR) is 82.8 cm³/mol. The molecule has 0 aromatic rings. The standard InChI is InChI=1S/C13H27N5O4/c1-13(2,3)22-12(21)18-8-7-16-9(10(19)20)5-4-6-17-11(14)15/h9,16H,4-8H2,1-3H3,(H,18,21)(H,19,20)(H4,14,15,17)/t9-/m0/s1. The minimum absolute atomic E-state index is 0.138. The second kappa shape index (κ2) is 9.82. The fraction of sp³-hybridized carbons (Fsp3) is 0.769. The molecule has 0 aromatic carbocycles. The number of carboxylic acid groups (broad SMARTS) is 1. The van der Waals surface area contributed by atoms with Crippen molar-refractivity contribution < 1.29 is 19.4 Å². The molecule has 22 heavy (non-hydrogen) atoms. The maximum absolute atomic E-state index is 11.4. The molecule has 0 saturated heterocycles. The predicted octanol–water partition coefficient (Wildman–Crippen LogP) is -0.183. The normalized spacial score (nSPS) is 12.3. The van der Waals surface area contributed by atoms with Crippen LogP contribution in [0.4, 0.5) is 4.79 Å². The summed E-state index contributed by atoms with van der Waals surface area (Å²) in [6, 6.07) is -0.714. The molecule has 128 valence electrons. The minimum Gasteiger partial charge on any atom is -0.480 e. The number of rotatable bonds is 9. The van der Waals surface area contributed by atoms with Crippen LogP contribution in [-0.4, -0.2) is 54.4 Å². The Balaban J connectivity index is 3.89. The van der Waals surface area contributed by atoms with Crippen LogP contribution < -0.4 is 21.7 Å². The van der Waals surface area contributed by atoms with E-state index in [4.69, 9.17) is 21.0 Å². The average molecular weight is 317 g/mol. The van der Waals surface area contributed by atoms with Crippen LogP contribution in [0.15, 0.2) is 0 Å². The Morgan fingerprint density at radius 2 is 1.86 bits per heavy atom. The molecule has 9 heteroatoms. The Kier molecular flexibility index (Phi) is 8.92. The maximum Gasteiger partial charge on any atom is 0.407 e. The number of nitrogens with one attached hydrogen (secondary N) is 4. The molecule has 0 spiro atoms. The van der Waals surface area contributed by atoms with Crippen molar-refractivity contribution in [3.63, 3.8) is 0 Å². The number of carboxylic acids is 1. The molecule has 0 aliphatic carbocycles. The van der Waals surface area contributed by atoms with Crippen molar-refractivity contribution in [2.75, 3.05) is 19.6 Å². The van der Waals surface area contributed by atoms with E-state index in [9.17, 15) is 9.59 Å². The van der Waals surface area contributed by atoms with E-state index in [0.29, 0.717) is 25.9 Å². The second-order valence-electron chi connectivity index (χ2n) is 5.76. The lowest BCUT2D eigenvalue weighted by Crippen LogP contribution is -2.42. The highest BCUT2D eigenvalue weighted by molar-refractivity contribution is 5.74. The van der Waals surface area contributed by atoms with E-state index in [-0.39, 0.29) is 12.5 Å². The van der Waals surface area contributed by atoms with Crippen molar-refractivity contribution >= 4 is 18.0 Å². The van der Waals surface area contributed by atoms with Gasteiger partial charge in [0.05, 0.1) is 0 Å². The number of ether oxygens (including phenoxy) is 1. The fourth-order valence-corrected chi connectivity index (χ4v) is 1.57. The summed E-state index contributed by atoms with van der Waals surface area (Å²) >= 11 is 0. The van der Waals surface area contributed by atoms with Crippen LogP contribution in [-0.2, 0) is 9.53 Å². The van der Waals surface area contributed by atoms with E-state index in [1.54, 1.807) is 20.8 Å². The van der Waals surface area contributed by atoms with Crippen LogP contribution in [0.1, 0.15) is 33.6 Å². The largest absolute Gasteiger partial charge is 0.480 e. The summed E-state index contributed by atoms with van der Waals surface area (Å²) in [5.41, 5.74) is 4.56. The number of carbonyl (C=O) groups excluding carboxylic acids is 1. The molecule has 0 aromatic heterocycles. The van der Waals surface area contributed by atoms with Gasteiger partial charge in [0.15, 0.2) is 5.96 Å². The van der Waals surface area contributed by atoms with Gasteiger partial charge < -0.3 is 31.5 Å². The lowest BCUT2D eigenvalue weighted by molar-refractivity contribution is -0.139. The van der Waals surface area contributed by atoms with E-state index in [2.05, 4.69) is 16.0 Å². The Bertz CT molecular complexity index is 381. The number of carbonyl (C=O) groups is 2. The zero-order chi connectivity index (χ0) is 17.2. The summed E-state index contributed by atoms with van der Waals surface area (Å²) in [7, 11) is 0. The molecular formula is C13H27N5O4. The molecule has 9 nitrogen and oxygen atoms in total. The number of alkyl carbamates (subject to hydrolysis) is 1. The monoisotopic (exact) mass is 317 g/mol.